The van der Waals surface area contributed by atoms with Crippen molar-refractivity contribution in [2.75, 3.05) is 0 Å². The van der Waals surface area contributed by atoms with Gasteiger partial charge in [-0.1, -0.05) is 37.3 Å². The third-order valence-electron chi connectivity index (χ3n) is 3.42. The predicted octanol–water partition coefficient (Wildman–Crippen LogP) is 3.64. The van der Waals surface area contributed by atoms with Gasteiger partial charge in [0.05, 0.1) is 0 Å². The zero-order valence-electron chi connectivity index (χ0n) is 14.8. The number of carbonyl (C=O) groups excluding carboxylic acids is 2. The van der Waals surface area contributed by atoms with Crippen molar-refractivity contribution in [1.82, 2.24) is 5.32 Å². The molecule has 0 saturated heterocycles. The Kier molecular flexibility index (Phi) is 6.61. The van der Waals surface area contributed by atoms with E-state index in [0.29, 0.717) is 0 Å². The van der Waals surface area contributed by atoms with Gasteiger partial charge in [-0.05, 0) is 40.2 Å². The van der Waals surface area contributed by atoms with Gasteiger partial charge in [0, 0.05) is 5.92 Å². The Bertz CT molecular complexity index is 522. The maximum Gasteiger partial charge on any atom is 0.408 e. The van der Waals surface area contributed by atoms with Gasteiger partial charge in [-0.15, -0.1) is 0 Å². The van der Waals surface area contributed by atoms with Crippen LogP contribution in [0.1, 0.15) is 53.0 Å². The molecule has 128 valence electrons. The van der Waals surface area contributed by atoms with Crippen LogP contribution in [0.5, 0.6) is 0 Å². The first-order valence-corrected chi connectivity index (χ1v) is 7.85. The number of benzene rings is 1. The van der Waals surface area contributed by atoms with E-state index >= 15 is 0 Å². The van der Waals surface area contributed by atoms with Crippen molar-refractivity contribution < 1.29 is 19.1 Å². The molecule has 0 aliphatic carbocycles. The topological polar surface area (TPSA) is 64.6 Å². The zero-order valence-corrected chi connectivity index (χ0v) is 14.8. The second-order valence-corrected chi connectivity index (χ2v) is 6.71. The lowest BCUT2D eigenvalue weighted by atomic mass is 9.96. The number of carbonyl (C=O) groups is 2. The van der Waals surface area contributed by atoms with Gasteiger partial charge in [0.15, 0.2) is 0 Å². The number of nitrogens with one attached hydrogen (secondary N) is 1. The van der Waals surface area contributed by atoms with Crippen molar-refractivity contribution >= 4 is 12.1 Å². The highest BCUT2D eigenvalue weighted by Gasteiger charge is 2.25. The molecule has 0 fully saturated rings. The molecule has 1 aromatic carbocycles. The molecule has 3 atom stereocenters. The molecule has 5 nitrogen and oxygen atoms in total. The molecule has 1 rings (SSSR count). The Hall–Kier alpha value is -2.04. The molecule has 5 heteroatoms. The smallest absolute Gasteiger partial charge is 0.408 e. The first kappa shape index (κ1) is 19.0. The van der Waals surface area contributed by atoms with Crippen LogP contribution in [0, 0.1) is 0 Å². The van der Waals surface area contributed by atoms with Crippen LogP contribution in [0.2, 0.25) is 0 Å². The maximum atomic E-state index is 12.1. The van der Waals surface area contributed by atoms with Crippen molar-refractivity contribution in [3.05, 3.63) is 35.9 Å². The summed E-state index contributed by atoms with van der Waals surface area (Å²) in [5, 5.41) is 2.48. The lowest BCUT2D eigenvalue weighted by Crippen LogP contribution is -2.43. The van der Waals surface area contributed by atoms with Gasteiger partial charge >= 0.3 is 12.1 Å². The van der Waals surface area contributed by atoms with Crippen molar-refractivity contribution in [2.24, 2.45) is 0 Å². The minimum Gasteiger partial charge on any atom is -0.461 e. The fourth-order valence-corrected chi connectivity index (χ4v) is 1.96. The Morgan fingerprint density at radius 3 is 2.13 bits per heavy atom. The van der Waals surface area contributed by atoms with E-state index in [-0.39, 0.29) is 12.0 Å². The molecule has 0 heterocycles. The molecule has 0 spiro atoms. The van der Waals surface area contributed by atoms with Crippen LogP contribution in [0.25, 0.3) is 0 Å². The number of amides is 1. The highest BCUT2D eigenvalue weighted by atomic mass is 16.6. The normalized spacial score (nSPS) is 15.2. The molecule has 23 heavy (non-hydrogen) atoms. The number of esters is 1. The fraction of sp³-hybridized carbons (Fsp3) is 0.556. The second-order valence-electron chi connectivity index (χ2n) is 6.71. The molecule has 0 bridgehead atoms. The summed E-state index contributed by atoms with van der Waals surface area (Å²) in [4.78, 5) is 23.8. The molecule has 0 aliphatic heterocycles. The third kappa shape index (κ3) is 6.72. The highest BCUT2D eigenvalue weighted by molar-refractivity contribution is 5.81. The molecular weight excluding hydrogens is 294 g/mol. The third-order valence-corrected chi connectivity index (χ3v) is 3.42. The molecule has 1 aromatic rings. The quantitative estimate of drug-likeness (QED) is 0.841. The molecule has 0 aromatic heterocycles. The Labute approximate surface area is 138 Å². The van der Waals surface area contributed by atoms with Crippen LogP contribution in [-0.4, -0.2) is 29.8 Å². The van der Waals surface area contributed by atoms with Crippen LogP contribution >= 0.6 is 0 Å². The van der Waals surface area contributed by atoms with E-state index in [1.807, 2.05) is 44.2 Å². The van der Waals surface area contributed by atoms with E-state index in [4.69, 9.17) is 9.47 Å². The molecule has 0 unspecified atom stereocenters. The Balaban J connectivity index is 2.53. The van der Waals surface area contributed by atoms with Crippen molar-refractivity contribution in [2.45, 2.75) is 65.2 Å². The van der Waals surface area contributed by atoms with Gasteiger partial charge in [0.2, 0.25) is 0 Å². The Morgan fingerprint density at radius 1 is 1.04 bits per heavy atom. The van der Waals surface area contributed by atoms with Crippen LogP contribution in [0.4, 0.5) is 4.79 Å². The number of alkyl carbamates (subject to hydrolysis) is 1. The average Bonchev–Trinajstić information content (AvgIpc) is 2.45. The van der Waals surface area contributed by atoms with E-state index in [9.17, 15) is 9.59 Å². The summed E-state index contributed by atoms with van der Waals surface area (Å²) in [7, 11) is 0. The van der Waals surface area contributed by atoms with E-state index in [0.717, 1.165) is 5.56 Å². The largest absolute Gasteiger partial charge is 0.461 e. The minimum absolute atomic E-state index is 0.0638. The lowest BCUT2D eigenvalue weighted by molar-refractivity contribution is -0.151. The van der Waals surface area contributed by atoms with E-state index in [1.165, 1.54) is 0 Å². The number of hydrogen-bond acceptors (Lipinski definition) is 4. The predicted molar refractivity (Wildman–Crippen MR) is 89.2 cm³/mol. The lowest BCUT2D eigenvalue weighted by Gasteiger charge is -2.24. The van der Waals surface area contributed by atoms with Crippen LogP contribution in [-0.2, 0) is 14.3 Å². The van der Waals surface area contributed by atoms with Crippen LogP contribution in [0.3, 0.4) is 0 Å². The molecule has 0 saturated carbocycles. The standard InChI is InChI=1S/C18H27NO4/c1-12(15-10-8-7-9-11-15)14(3)22-16(20)13(2)19-17(21)23-18(4,5)6/h7-14H,1-6H3,(H,19,21)/t12-,13+,14+/m1/s1. The fourth-order valence-electron chi connectivity index (χ4n) is 1.96. The van der Waals surface area contributed by atoms with Gasteiger partial charge in [0.1, 0.15) is 17.7 Å². The summed E-state index contributed by atoms with van der Waals surface area (Å²) >= 11 is 0. The van der Waals surface area contributed by atoms with E-state index in [2.05, 4.69) is 5.32 Å². The number of hydrogen-bond donors (Lipinski definition) is 1. The maximum absolute atomic E-state index is 12.1. The zero-order chi connectivity index (χ0) is 17.6. The summed E-state index contributed by atoms with van der Waals surface area (Å²) in [6.45, 7) is 10.7. The number of rotatable bonds is 5. The van der Waals surface area contributed by atoms with Gasteiger partial charge in [-0.3, -0.25) is 0 Å². The van der Waals surface area contributed by atoms with Gasteiger partial charge in [-0.25, -0.2) is 9.59 Å². The summed E-state index contributed by atoms with van der Waals surface area (Å²) < 4.78 is 10.6. The van der Waals surface area contributed by atoms with Crippen molar-refractivity contribution in [3.63, 3.8) is 0 Å². The molecule has 0 radical (unpaired) electrons. The average molecular weight is 321 g/mol. The van der Waals surface area contributed by atoms with Gasteiger partial charge in [0.25, 0.3) is 0 Å². The highest BCUT2D eigenvalue weighted by Crippen LogP contribution is 2.21. The minimum atomic E-state index is -0.768. The van der Waals surface area contributed by atoms with Crippen LogP contribution < -0.4 is 5.32 Å². The van der Waals surface area contributed by atoms with Crippen molar-refractivity contribution in [1.29, 1.82) is 0 Å². The van der Waals surface area contributed by atoms with Crippen molar-refractivity contribution in [3.8, 4) is 0 Å². The summed E-state index contributed by atoms with van der Waals surface area (Å²) in [6.07, 6.45) is -0.932. The molecule has 1 amide bonds. The molecule has 1 N–H and O–H groups in total. The first-order valence-electron chi connectivity index (χ1n) is 7.85. The van der Waals surface area contributed by atoms with Gasteiger partial charge < -0.3 is 14.8 Å². The first-order chi connectivity index (χ1) is 10.6. The Morgan fingerprint density at radius 2 is 1.61 bits per heavy atom. The summed E-state index contributed by atoms with van der Waals surface area (Å²) in [6, 6.07) is 9.07. The second kappa shape index (κ2) is 7.99. The summed E-state index contributed by atoms with van der Waals surface area (Å²) in [5.74, 6) is -0.417. The van der Waals surface area contributed by atoms with E-state index < -0.39 is 23.7 Å². The molecular formula is C18H27NO4. The number of ether oxygens (including phenoxy) is 2. The molecule has 0 aliphatic rings. The SMILES string of the molecule is C[C@H](NC(=O)OC(C)(C)C)C(=O)O[C@@H](C)[C@@H](C)c1ccccc1. The van der Waals surface area contributed by atoms with E-state index in [1.54, 1.807) is 27.7 Å². The summed E-state index contributed by atoms with van der Waals surface area (Å²) in [5.41, 5.74) is 0.489. The van der Waals surface area contributed by atoms with Crippen LogP contribution in [0.15, 0.2) is 30.3 Å². The van der Waals surface area contributed by atoms with Gasteiger partial charge in [-0.2, -0.15) is 0 Å². The monoisotopic (exact) mass is 321 g/mol.